The van der Waals surface area contributed by atoms with E-state index in [1.54, 1.807) is 6.08 Å². The molecule has 128 valence electrons. The summed E-state index contributed by atoms with van der Waals surface area (Å²) in [5.41, 5.74) is 7.61. The van der Waals surface area contributed by atoms with Gasteiger partial charge < -0.3 is 10.5 Å². The Bertz CT molecular complexity index is 1030. The third-order valence-corrected chi connectivity index (χ3v) is 4.90. The zero-order valence-electron chi connectivity index (χ0n) is 13.9. The number of fused-ring (bicyclic) bond motifs is 1. The first-order valence-electron chi connectivity index (χ1n) is 8.16. The number of rotatable bonds is 4. The van der Waals surface area contributed by atoms with E-state index in [1.165, 1.54) is 22.5 Å². The molecule has 1 heterocycles. The van der Waals surface area contributed by atoms with Crippen LogP contribution >= 0.6 is 11.8 Å². The maximum absolute atomic E-state index is 11.6. The summed E-state index contributed by atoms with van der Waals surface area (Å²) in [5.74, 6) is 0.491. The van der Waals surface area contributed by atoms with Crippen molar-refractivity contribution < 1.29 is 9.53 Å². The van der Waals surface area contributed by atoms with E-state index in [4.69, 9.17) is 10.5 Å². The number of ether oxygens (including phenoxy) is 1. The van der Waals surface area contributed by atoms with Gasteiger partial charge in [-0.1, -0.05) is 54.6 Å². The monoisotopic (exact) mass is 360 g/mol. The highest BCUT2D eigenvalue weighted by atomic mass is 32.2. The summed E-state index contributed by atoms with van der Waals surface area (Å²) in [6.45, 7) is 0.500. The Morgan fingerprint density at radius 1 is 1.00 bits per heavy atom. The van der Waals surface area contributed by atoms with Crippen LogP contribution in [0.15, 0.2) is 76.6 Å². The van der Waals surface area contributed by atoms with E-state index in [0.717, 1.165) is 16.9 Å². The lowest BCUT2D eigenvalue weighted by atomic mass is 10.1. The fourth-order valence-electron chi connectivity index (χ4n) is 2.82. The molecular formula is C21H16N2O2S. The molecule has 26 heavy (non-hydrogen) atoms. The first kappa shape index (κ1) is 16.4. The molecule has 0 saturated carbocycles. The average Bonchev–Trinajstić information content (AvgIpc) is 2.98. The Morgan fingerprint density at radius 2 is 1.77 bits per heavy atom. The Labute approximate surface area is 155 Å². The highest BCUT2D eigenvalue weighted by molar-refractivity contribution is 8.18. The van der Waals surface area contributed by atoms with Crippen LogP contribution in [0.1, 0.15) is 11.1 Å². The number of amidine groups is 1. The van der Waals surface area contributed by atoms with Gasteiger partial charge in [-0.15, -0.1) is 0 Å². The third-order valence-electron chi connectivity index (χ3n) is 4.09. The van der Waals surface area contributed by atoms with Crippen LogP contribution in [0.25, 0.3) is 16.8 Å². The van der Waals surface area contributed by atoms with E-state index in [0.29, 0.717) is 11.5 Å². The van der Waals surface area contributed by atoms with E-state index in [9.17, 15) is 4.79 Å². The molecule has 4 nitrogen and oxygen atoms in total. The van der Waals surface area contributed by atoms with Gasteiger partial charge in [-0.05, 0) is 51.9 Å². The Hall–Kier alpha value is -3.05. The second-order valence-corrected chi connectivity index (χ2v) is 6.92. The number of carbonyl (C=O) groups excluding carboxylic acids is 1. The van der Waals surface area contributed by atoms with Crippen LogP contribution < -0.4 is 10.5 Å². The highest BCUT2D eigenvalue weighted by Gasteiger charge is 2.19. The normalized spacial score (nSPS) is 15.5. The topological polar surface area (TPSA) is 64.7 Å². The van der Waals surface area contributed by atoms with Crippen LogP contribution in [0.2, 0.25) is 0 Å². The van der Waals surface area contributed by atoms with Crippen molar-refractivity contribution in [2.75, 3.05) is 0 Å². The molecular weight excluding hydrogens is 344 g/mol. The zero-order valence-corrected chi connectivity index (χ0v) is 14.7. The Morgan fingerprint density at radius 3 is 2.54 bits per heavy atom. The first-order valence-corrected chi connectivity index (χ1v) is 8.98. The van der Waals surface area contributed by atoms with Crippen molar-refractivity contribution in [1.82, 2.24) is 0 Å². The van der Waals surface area contributed by atoms with Crippen molar-refractivity contribution in [2.24, 2.45) is 10.7 Å². The summed E-state index contributed by atoms with van der Waals surface area (Å²) < 4.78 is 5.93. The van der Waals surface area contributed by atoms with Gasteiger partial charge in [0.2, 0.25) is 0 Å². The summed E-state index contributed by atoms with van der Waals surface area (Å²) in [5, 5.41) is 2.69. The maximum atomic E-state index is 11.6. The average molecular weight is 360 g/mol. The summed E-state index contributed by atoms with van der Waals surface area (Å²) in [6, 6.07) is 22.1. The molecule has 2 N–H and O–H groups in total. The molecule has 5 heteroatoms. The number of aliphatic imine (C=N–C) groups is 1. The summed E-state index contributed by atoms with van der Waals surface area (Å²) in [4.78, 5) is 15.9. The molecule has 0 aromatic heterocycles. The van der Waals surface area contributed by atoms with Gasteiger partial charge in [-0.2, -0.15) is 4.99 Å². The molecule has 0 unspecified atom stereocenters. The largest absolute Gasteiger partial charge is 0.489 e. The van der Waals surface area contributed by atoms with Gasteiger partial charge in [0.15, 0.2) is 5.17 Å². The van der Waals surface area contributed by atoms with Crippen LogP contribution in [0.5, 0.6) is 5.75 Å². The van der Waals surface area contributed by atoms with Gasteiger partial charge in [-0.3, -0.25) is 4.79 Å². The lowest BCUT2D eigenvalue weighted by Gasteiger charge is -2.09. The Kier molecular flexibility index (Phi) is 4.46. The van der Waals surface area contributed by atoms with Gasteiger partial charge in [0.05, 0.1) is 4.91 Å². The minimum Gasteiger partial charge on any atom is -0.489 e. The molecule has 0 bridgehead atoms. The SMILES string of the molecule is NC1=NC(=O)/C(=C\c2ccc(OCc3cccc4ccccc34)cc2)S1. The number of nitrogens with two attached hydrogens (primary N) is 1. The van der Waals surface area contributed by atoms with Gasteiger partial charge in [-0.25, -0.2) is 0 Å². The van der Waals surface area contributed by atoms with Crippen molar-refractivity contribution >= 4 is 39.7 Å². The van der Waals surface area contributed by atoms with Crippen molar-refractivity contribution in [2.45, 2.75) is 6.61 Å². The van der Waals surface area contributed by atoms with Gasteiger partial charge in [0.25, 0.3) is 5.91 Å². The predicted molar refractivity (Wildman–Crippen MR) is 107 cm³/mol. The third kappa shape index (κ3) is 3.48. The molecule has 0 saturated heterocycles. The van der Waals surface area contributed by atoms with Crippen molar-refractivity contribution in [3.05, 3.63) is 82.8 Å². The molecule has 3 aromatic rings. The van der Waals surface area contributed by atoms with Gasteiger partial charge in [0, 0.05) is 0 Å². The number of hydrogen-bond donors (Lipinski definition) is 1. The van der Waals surface area contributed by atoms with Crippen LogP contribution in [-0.4, -0.2) is 11.1 Å². The van der Waals surface area contributed by atoms with Crippen LogP contribution in [0.4, 0.5) is 0 Å². The van der Waals surface area contributed by atoms with Crippen molar-refractivity contribution in [1.29, 1.82) is 0 Å². The van der Waals surface area contributed by atoms with Gasteiger partial charge in [0.1, 0.15) is 12.4 Å². The number of carbonyl (C=O) groups is 1. The van der Waals surface area contributed by atoms with Crippen LogP contribution in [0.3, 0.4) is 0 Å². The molecule has 1 amide bonds. The summed E-state index contributed by atoms with van der Waals surface area (Å²) >= 11 is 1.19. The molecule has 1 aliphatic rings. The quantitative estimate of drug-likeness (QED) is 0.703. The highest BCUT2D eigenvalue weighted by Crippen LogP contribution is 2.27. The fourth-order valence-corrected chi connectivity index (χ4v) is 3.50. The molecule has 0 aliphatic carbocycles. The van der Waals surface area contributed by atoms with E-state index < -0.39 is 0 Å². The lowest BCUT2D eigenvalue weighted by Crippen LogP contribution is -2.01. The maximum Gasteiger partial charge on any atom is 0.286 e. The minimum absolute atomic E-state index is 0.288. The van der Waals surface area contributed by atoms with Crippen LogP contribution in [0, 0.1) is 0 Å². The molecule has 0 atom stereocenters. The van der Waals surface area contributed by atoms with Crippen LogP contribution in [-0.2, 0) is 11.4 Å². The number of hydrogen-bond acceptors (Lipinski definition) is 4. The lowest BCUT2D eigenvalue weighted by molar-refractivity contribution is -0.113. The summed E-state index contributed by atoms with van der Waals surface area (Å²) in [6.07, 6.45) is 1.78. The smallest absolute Gasteiger partial charge is 0.286 e. The molecule has 0 spiro atoms. The molecule has 0 fully saturated rings. The van der Waals surface area contributed by atoms with Gasteiger partial charge >= 0.3 is 0 Å². The fraction of sp³-hybridized carbons (Fsp3) is 0.0476. The van der Waals surface area contributed by atoms with Crippen molar-refractivity contribution in [3.63, 3.8) is 0 Å². The van der Waals surface area contributed by atoms with E-state index in [-0.39, 0.29) is 11.1 Å². The number of thioether (sulfide) groups is 1. The van der Waals surface area contributed by atoms with E-state index in [1.807, 2.05) is 42.5 Å². The minimum atomic E-state index is -0.288. The molecule has 4 rings (SSSR count). The predicted octanol–water partition coefficient (Wildman–Crippen LogP) is 4.35. The number of nitrogens with zero attached hydrogens (tertiary/aromatic N) is 1. The second kappa shape index (κ2) is 7.06. The molecule has 3 aromatic carbocycles. The Balaban J connectivity index is 1.46. The van der Waals surface area contributed by atoms with Crippen molar-refractivity contribution in [3.8, 4) is 5.75 Å². The number of amides is 1. The summed E-state index contributed by atoms with van der Waals surface area (Å²) in [7, 11) is 0. The first-order chi connectivity index (χ1) is 12.7. The zero-order chi connectivity index (χ0) is 17.9. The standard InChI is InChI=1S/C21H16N2O2S/c22-21-23-20(24)19(26-21)12-14-8-10-17(11-9-14)25-13-16-6-3-5-15-4-1-2-7-18(15)16/h1-12H,13H2,(H2,22,23,24)/b19-12+. The van der Waals surface area contributed by atoms with E-state index >= 15 is 0 Å². The molecule has 0 radical (unpaired) electrons. The molecule has 1 aliphatic heterocycles. The van der Waals surface area contributed by atoms with E-state index in [2.05, 4.69) is 29.3 Å². The second-order valence-electron chi connectivity index (χ2n) is 5.86. The number of benzene rings is 3.